The topological polar surface area (TPSA) is 131 Å². The van der Waals surface area contributed by atoms with E-state index in [4.69, 9.17) is 9.47 Å². The molecule has 2 rings (SSSR count). The Kier molecular flexibility index (Phi) is 7.42. The van der Waals surface area contributed by atoms with E-state index in [-0.39, 0.29) is 13.2 Å². The van der Waals surface area contributed by atoms with E-state index in [1.54, 1.807) is 27.7 Å². The SMILES string of the molecule is CCOC(=O)C1C(C(=O)NCc2ccccc2)C1C(NC(=O)OC(C)(C)C)C(=O)O. The number of carboxylic acids is 1. The Hall–Kier alpha value is -3.10. The molecule has 0 spiro atoms. The molecule has 1 aliphatic carbocycles. The second-order valence-corrected chi connectivity index (χ2v) is 8.05. The van der Waals surface area contributed by atoms with Crippen LogP contribution in [0.3, 0.4) is 0 Å². The van der Waals surface area contributed by atoms with Crippen LogP contribution in [0.5, 0.6) is 0 Å². The van der Waals surface area contributed by atoms with Crippen LogP contribution in [0.2, 0.25) is 0 Å². The second-order valence-electron chi connectivity index (χ2n) is 8.05. The van der Waals surface area contributed by atoms with Crippen LogP contribution in [0.1, 0.15) is 33.3 Å². The molecule has 0 heterocycles. The van der Waals surface area contributed by atoms with Gasteiger partial charge in [0.1, 0.15) is 11.6 Å². The number of ether oxygens (including phenoxy) is 2. The summed E-state index contributed by atoms with van der Waals surface area (Å²) < 4.78 is 10.1. The van der Waals surface area contributed by atoms with Crippen LogP contribution in [-0.2, 0) is 30.4 Å². The van der Waals surface area contributed by atoms with Crippen LogP contribution >= 0.6 is 0 Å². The minimum absolute atomic E-state index is 0.0949. The summed E-state index contributed by atoms with van der Waals surface area (Å²) in [5.41, 5.74) is 0.0290. The van der Waals surface area contributed by atoms with E-state index in [0.717, 1.165) is 5.56 Å². The van der Waals surface area contributed by atoms with Crippen LogP contribution in [0.25, 0.3) is 0 Å². The molecule has 1 fully saturated rings. The van der Waals surface area contributed by atoms with Crippen molar-refractivity contribution < 1.29 is 33.8 Å². The third-order valence-corrected chi connectivity index (χ3v) is 4.57. The number of aliphatic carboxylic acids is 1. The van der Waals surface area contributed by atoms with Crippen molar-refractivity contribution in [2.45, 2.75) is 45.9 Å². The summed E-state index contributed by atoms with van der Waals surface area (Å²) in [6, 6.07) is 7.69. The molecule has 164 valence electrons. The highest BCUT2D eigenvalue weighted by molar-refractivity contribution is 5.94. The zero-order valence-corrected chi connectivity index (χ0v) is 17.5. The van der Waals surface area contributed by atoms with Crippen molar-refractivity contribution in [1.82, 2.24) is 10.6 Å². The number of carboxylic acid groups (broad SMARTS) is 1. The molecule has 1 aliphatic rings. The zero-order valence-electron chi connectivity index (χ0n) is 17.5. The van der Waals surface area contributed by atoms with Crippen LogP contribution in [-0.4, -0.2) is 47.3 Å². The highest BCUT2D eigenvalue weighted by Gasteiger charge is 2.64. The first-order valence-electron chi connectivity index (χ1n) is 9.75. The zero-order chi connectivity index (χ0) is 22.5. The summed E-state index contributed by atoms with van der Waals surface area (Å²) in [5, 5.41) is 14.6. The van der Waals surface area contributed by atoms with Crippen LogP contribution in [0.15, 0.2) is 30.3 Å². The molecule has 3 N–H and O–H groups in total. The Morgan fingerprint density at radius 1 is 1.10 bits per heavy atom. The first kappa shape index (κ1) is 23.2. The molecule has 0 radical (unpaired) electrons. The molecule has 30 heavy (non-hydrogen) atoms. The van der Waals surface area contributed by atoms with Gasteiger partial charge in [0.25, 0.3) is 0 Å². The van der Waals surface area contributed by atoms with Gasteiger partial charge in [-0.3, -0.25) is 9.59 Å². The molecule has 0 saturated heterocycles. The number of nitrogens with one attached hydrogen (secondary N) is 2. The molecular formula is C21H28N2O7. The highest BCUT2D eigenvalue weighted by Crippen LogP contribution is 2.49. The molecule has 4 unspecified atom stereocenters. The lowest BCUT2D eigenvalue weighted by Gasteiger charge is -2.22. The van der Waals surface area contributed by atoms with Crippen molar-refractivity contribution in [2.24, 2.45) is 17.8 Å². The minimum Gasteiger partial charge on any atom is -0.480 e. The van der Waals surface area contributed by atoms with Gasteiger partial charge in [0.2, 0.25) is 5.91 Å². The first-order chi connectivity index (χ1) is 14.0. The molecule has 1 aromatic carbocycles. The maximum absolute atomic E-state index is 12.7. The Morgan fingerprint density at radius 2 is 1.73 bits per heavy atom. The van der Waals surface area contributed by atoms with E-state index in [9.17, 15) is 24.3 Å². The first-order valence-corrected chi connectivity index (χ1v) is 9.75. The van der Waals surface area contributed by atoms with Crippen molar-refractivity contribution in [3.8, 4) is 0 Å². The van der Waals surface area contributed by atoms with Crippen molar-refractivity contribution >= 4 is 23.9 Å². The van der Waals surface area contributed by atoms with E-state index >= 15 is 0 Å². The smallest absolute Gasteiger partial charge is 0.408 e. The monoisotopic (exact) mass is 420 g/mol. The van der Waals surface area contributed by atoms with Crippen molar-refractivity contribution in [3.05, 3.63) is 35.9 Å². The summed E-state index contributed by atoms with van der Waals surface area (Å²) in [6.45, 7) is 6.86. The maximum atomic E-state index is 12.7. The lowest BCUT2D eigenvalue weighted by Crippen LogP contribution is -2.46. The summed E-state index contributed by atoms with van der Waals surface area (Å²) in [6.07, 6.45) is -0.937. The normalized spacial score (nSPS) is 21.1. The Bertz CT molecular complexity index is 788. The van der Waals surface area contributed by atoms with Crippen LogP contribution in [0.4, 0.5) is 4.79 Å². The van der Waals surface area contributed by atoms with Gasteiger partial charge in [-0.25, -0.2) is 9.59 Å². The molecule has 0 aromatic heterocycles. The van der Waals surface area contributed by atoms with Gasteiger partial charge in [0, 0.05) is 12.5 Å². The number of benzene rings is 1. The number of carbonyl (C=O) groups excluding carboxylic acids is 3. The molecule has 1 saturated carbocycles. The molecule has 2 amide bonds. The molecular weight excluding hydrogens is 392 g/mol. The lowest BCUT2D eigenvalue weighted by atomic mass is 10.1. The second kappa shape index (κ2) is 9.60. The number of alkyl carbamates (subject to hydrolysis) is 1. The third-order valence-electron chi connectivity index (χ3n) is 4.57. The standard InChI is InChI=1S/C21H28N2O7/c1-5-29-19(27)15-13(16(18(25)26)23-20(28)30-21(2,3)4)14(15)17(24)22-11-12-9-7-6-8-10-12/h6-10,13-16H,5,11H2,1-4H3,(H,22,24)(H,23,28)(H,25,26). The predicted molar refractivity (Wildman–Crippen MR) is 106 cm³/mol. The predicted octanol–water partition coefficient (Wildman–Crippen LogP) is 1.71. The van der Waals surface area contributed by atoms with Crippen molar-refractivity contribution in [3.63, 3.8) is 0 Å². The molecule has 1 aromatic rings. The van der Waals surface area contributed by atoms with E-state index in [0.29, 0.717) is 0 Å². The summed E-state index contributed by atoms with van der Waals surface area (Å²) in [5.74, 6) is -5.33. The Morgan fingerprint density at radius 3 is 2.27 bits per heavy atom. The Labute approximate surface area is 175 Å². The van der Waals surface area contributed by atoms with E-state index < -0.39 is 53.3 Å². The fraction of sp³-hybridized carbons (Fsp3) is 0.524. The van der Waals surface area contributed by atoms with Gasteiger partial charge in [0.05, 0.1) is 18.4 Å². The third kappa shape index (κ3) is 6.20. The molecule has 0 bridgehead atoms. The fourth-order valence-electron chi connectivity index (χ4n) is 3.29. The molecule has 0 aliphatic heterocycles. The maximum Gasteiger partial charge on any atom is 0.408 e. The van der Waals surface area contributed by atoms with Crippen molar-refractivity contribution in [1.29, 1.82) is 0 Å². The van der Waals surface area contributed by atoms with E-state index in [1.807, 2.05) is 30.3 Å². The van der Waals surface area contributed by atoms with Gasteiger partial charge in [-0.1, -0.05) is 30.3 Å². The average Bonchev–Trinajstić information content (AvgIpc) is 3.39. The molecule has 9 nitrogen and oxygen atoms in total. The minimum atomic E-state index is -1.47. The van der Waals surface area contributed by atoms with Gasteiger partial charge in [-0.15, -0.1) is 0 Å². The number of amides is 2. The number of hydrogen-bond acceptors (Lipinski definition) is 6. The largest absolute Gasteiger partial charge is 0.480 e. The van der Waals surface area contributed by atoms with E-state index in [1.165, 1.54) is 0 Å². The molecule has 9 heteroatoms. The number of hydrogen-bond donors (Lipinski definition) is 3. The average molecular weight is 420 g/mol. The summed E-state index contributed by atoms with van der Waals surface area (Å²) in [7, 11) is 0. The molecule has 4 atom stereocenters. The fourth-order valence-corrected chi connectivity index (χ4v) is 3.29. The van der Waals surface area contributed by atoms with Gasteiger partial charge >= 0.3 is 18.0 Å². The van der Waals surface area contributed by atoms with Crippen LogP contribution in [0, 0.1) is 17.8 Å². The highest BCUT2D eigenvalue weighted by atomic mass is 16.6. The quantitative estimate of drug-likeness (QED) is 0.546. The van der Waals surface area contributed by atoms with Gasteiger partial charge < -0.3 is 25.2 Å². The van der Waals surface area contributed by atoms with Gasteiger partial charge in [-0.2, -0.15) is 0 Å². The summed E-state index contributed by atoms with van der Waals surface area (Å²) >= 11 is 0. The number of rotatable bonds is 8. The lowest BCUT2D eigenvalue weighted by molar-refractivity contribution is -0.146. The van der Waals surface area contributed by atoms with E-state index in [2.05, 4.69) is 10.6 Å². The number of esters is 1. The Balaban J connectivity index is 2.13. The van der Waals surface area contributed by atoms with Gasteiger partial charge in [-0.05, 0) is 33.3 Å². The van der Waals surface area contributed by atoms with Gasteiger partial charge in [0.15, 0.2) is 0 Å². The number of carbonyl (C=O) groups is 4. The van der Waals surface area contributed by atoms with Crippen molar-refractivity contribution in [2.75, 3.05) is 6.61 Å². The summed E-state index contributed by atoms with van der Waals surface area (Å²) in [4.78, 5) is 48.9. The van der Waals surface area contributed by atoms with Crippen LogP contribution < -0.4 is 10.6 Å².